The molecule has 1 spiro atoms. The number of hydrogen-bond acceptors (Lipinski definition) is 4. The van der Waals surface area contributed by atoms with Gasteiger partial charge >= 0.3 is 11.8 Å². The maximum Gasteiger partial charge on any atom is 0.313 e. The zero-order valence-corrected chi connectivity index (χ0v) is 15.9. The fourth-order valence-corrected chi connectivity index (χ4v) is 4.05. The van der Waals surface area contributed by atoms with Gasteiger partial charge in [-0.05, 0) is 17.7 Å². The Kier molecular flexibility index (Phi) is 4.89. The molecule has 2 heterocycles. The third-order valence-corrected chi connectivity index (χ3v) is 5.62. The number of hydrogen-bond donors (Lipinski definition) is 2. The average molecular weight is 428 g/mol. The van der Waals surface area contributed by atoms with Crippen LogP contribution in [0.25, 0.3) is 0 Å². The first kappa shape index (κ1) is 20.4. The fourth-order valence-electron chi connectivity index (χ4n) is 4.05. The first-order chi connectivity index (χ1) is 14.8. The van der Waals surface area contributed by atoms with Crippen LogP contribution in [-0.4, -0.2) is 35.2 Å². The van der Waals surface area contributed by atoms with E-state index in [4.69, 9.17) is 0 Å². The second-order valence-electron chi connectivity index (χ2n) is 7.40. The number of nitrogens with one attached hydrogen (secondary N) is 2. The number of benzene rings is 2. The third kappa shape index (κ3) is 3.28. The minimum atomic E-state index is -1.38. The maximum absolute atomic E-state index is 13.7. The number of fused-ring (bicyclic) bond motifs is 2. The molecule has 0 aromatic heterocycles. The Labute approximate surface area is 174 Å². The Bertz CT molecular complexity index is 1160. The Balaban J connectivity index is 1.52. The van der Waals surface area contributed by atoms with E-state index in [0.717, 1.165) is 4.90 Å². The summed E-state index contributed by atoms with van der Waals surface area (Å²) in [5.74, 6) is -6.36. The smallest absolute Gasteiger partial charge is 0.313 e. The molecular formula is C21H15F3N4O3. The number of amides is 3. The van der Waals surface area contributed by atoms with E-state index < -0.39 is 47.3 Å². The second-order valence-corrected chi connectivity index (χ2v) is 7.40. The Hall–Kier alpha value is -3.87. The number of anilines is 1. The predicted octanol–water partition coefficient (Wildman–Crippen LogP) is 1.73. The Morgan fingerprint density at radius 2 is 1.90 bits per heavy atom. The number of nitrogens with zero attached hydrogens (tertiary/aromatic N) is 2. The Morgan fingerprint density at radius 1 is 1.19 bits per heavy atom. The number of carbonyl (C=O) groups is 3. The van der Waals surface area contributed by atoms with Gasteiger partial charge in [-0.2, -0.15) is 5.26 Å². The molecule has 0 unspecified atom stereocenters. The standard InChI is InChI=1S/C21H15F3N4O3/c22-14-6-16(24)15(23)5-11(14)9-26-18(29)19(30)28-10-21(7-12(28)8-25)13-3-1-2-4-17(13)27-20(21)31/h1-6,12H,7,9-10H2,(H,26,29)(H,27,31)/t12-,21-/m0/s1. The first-order valence-electron chi connectivity index (χ1n) is 9.29. The lowest BCUT2D eigenvalue weighted by Gasteiger charge is -2.22. The van der Waals surface area contributed by atoms with E-state index >= 15 is 0 Å². The van der Waals surface area contributed by atoms with Crippen molar-refractivity contribution in [3.63, 3.8) is 0 Å². The van der Waals surface area contributed by atoms with Crippen LogP contribution in [-0.2, 0) is 26.3 Å². The molecule has 2 aliphatic heterocycles. The molecule has 0 aliphatic carbocycles. The van der Waals surface area contributed by atoms with E-state index in [1.54, 1.807) is 24.3 Å². The van der Waals surface area contributed by atoms with Crippen molar-refractivity contribution >= 4 is 23.4 Å². The Morgan fingerprint density at radius 3 is 2.65 bits per heavy atom. The van der Waals surface area contributed by atoms with Crippen LogP contribution in [0.15, 0.2) is 36.4 Å². The van der Waals surface area contributed by atoms with Crippen molar-refractivity contribution in [1.29, 1.82) is 5.26 Å². The molecule has 2 atom stereocenters. The summed E-state index contributed by atoms with van der Waals surface area (Å²) in [5.41, 5.74) is -0.283. The van der Waals surface area contributed by atoms with E-state index in [9.17, 15) is 32.8 Å². The molecule has 1 saturated heterocycles. The van der Waals surface area contributed by atoms with Crippen LogP contribution >= 0.6 is 0 Å². The van der Waals surface area contributed by atoms with Gasteiger partial charge in [-0.15, -0.1) is 0 Å². The summed E-state index contributed by atoms with van der Waals surface area (Å²) in [6.07, 6.45) is 0.0170. The highest BCUT2D eigenvalue weighted by atomic mass is 19.2. The third-order valence-electron chi connectivity index (χ3n) is 5.62. The minimum absolute atomic E-state index is 0.0170. The van der Waals surface area contributed by atoms with Crippen molar-refractivity contribution < 1.29 is 27.6 Å². The quantitative estimate of drug-likeness (QED) is 0.562. The first-order valence-corrected chi connectivity index (χ1v) is 9.29. The van der Waals surface area contributed by atoms with Crippen LogP contribution in [0.5, 0.6) is 0 Å². The largest absolute Gasteiger partial charge is 0.344 e. The molecule has 3 amide bonds. The van der Waals surface area contributed by atoms with E-state index in [2.05, 4.69) is 10.6 Å². The van der Waals surface area contributed by atoms with E-state index in [1.165, 1.54) is 0 Å². The highest BCUT2D eigenvalue weighted by Gasteiger charge is 2.56. The van der Waals surface area contributed by atoms with Gasteiger partial charge < -0.3 is 15.5 Å². The summed E-state index contributed by atoms with van der Waals surface area (Å²) >= 11 is 0. The molecule has 2 N–H and O–H groups in total. The van der Waals surface area contributed by atoms with Crippen molar-refractivity contribution in [2.24, 2.45) is 0 Å². The lowest BCUT2D eigenvalue weighted by molar-refractivity contribution is -0.146. The molecule has 0 saturated carbocycles. The minimum Gasteiger partial charge on any atom is -0.344 e. The number of nitriles is 1. The molecule has 2 aliphatic rings. The van der Waals surface area contributed by atoms with E-state index in [1.807, 2.05) is 6.07 Å². The van der Waals surface area contributed by atoms with Gasteiger partial charge in [0.1, 0.15) is 11.9 Å². The number of carbonyl (C=O) groups excluding carboxylic acids is 3. The number of halogens is 3. The van der Waals surface area contributed by atoms with Crippen molar-refractivity contribution in [2.75, 3.05) is 11.9 Å². The molecule has 158 valence electrons. The second kappa shape index (κ2) is 7.43. The number of para-hydroxylation sites is 1. The zero-order chi connectivity index (χ0) is 22.3. The molecule has 0 bridgehead atoms. The molecule has 0 radical (unpaired) electrons. The summed E-state index contributed by atoms with van der Waals surface area (Å²) in [6, 6.07) is 8.73. The summed E-state index contributed by atoms with van der Waals surface area (Å²) in [6.45, 7) is -0.743. The number of likely N-dealkylation sites (tertiary alicyclic amines) is 1. The van der Waals surface area contributed by atoms with Gasteiger partial charge in [-0.1, -0.05) is 18.2 Å². The van der Waals surface area contributed by atoms with Gasteiger partial charge in [0.05, 0.1) is 11.5 Å². The summed E-state index contributed by atoms with van der Waals surface area (Å²) in [5, 5.41) is 14.4. The molecule has 2 aromatic carbocycles. The highest BCUT2D eigenvalue weighted by Crippen LogP contribution is 2.46. The average Bonchev–Trinajstić information content (AvgIpc) is 3.27. The molecular weight excluding hydrogens is 413 g/mol. The predicted molar refractivity (Wildman–Crippen MR) is 101 cm³/mol. The summed E-state index contributed by atoms with van der Waals surface area (Å²) < 4.78 is 40.1. The van der Waals surface area contributed by atoms with Crippen molar-refractivity contribution in [1.82, 2.24) is 10.2 Å². The van der Waals surface area contributed by atoms with E-state index in [-0.39, 0.29) is 24.4 Å². The molecule has 7 nitrogen and oxygen atoms in total. The maximum atomic E-state index is 13.7. The monoisotopic (exact) mass is 428 g/mol. The van der Waals surface area contributed by atoms with Crippen molar-refractivity contribution in [3.8, 4) is 6.07 Å². The lowest BCUT2D eigenvalue weighted by Crippen LogP contribution is -2.46. The zero-order valence-electron chi connectivity index (χ0n) is 15.9. The molecule has 2 aromatic rings. The van der Waals surface area contributed by atoms with Crippen LogP contribution in [0.2, 0.25) is 0 Å². The van der Waals surface area contributed by atoms with Crippen molar-refractivity contribution in [3.05, 3.63) is 65.0 Å². The van der Waals surface area contributed by atoms with Crippen LogP contribution < -0.4 is 10.6 Å². The molecule has 10 heteroatoms. The van der Waals surface area contributed by atoms with Gasteiger partial charge in [0, 0.05) is 36.8 Å². The van der Waals surface area contributed by atoms with Gasteiger partial charge in [-0.3, -0.25) is 14.4 Å². The van der Waals surface area contributed by atoms with Crippen LogP contribution in [0.1, 0.15) is 17.5 Å². The summed E-state index contributed by atoms with van der Waals surface area (Å²) in [4.78, 5) is 38.8. The molecule has 31 heavy (non-hydrogen) atoms. The normalized spacial score (nSPS) is 21.5. The number of rotatable bonds is 2. The van der Waals surface area contributed by atoms with E-state index in [0.29, 0.717) is 23.4 Å². The van der Waals surface area contributed by atoms with Gasteiger partial charge in [0.2, 0.25) is 5.91 Å². The molecule has 4 rings (SSSR count). The topological polar surface area (TPSA) is 102 Å². The summed E-state index contributed by atoms with van der Waals surface area (Å²) in [7, 11) is 0. The van der Waals surface area contributed by atoms with Crippen molar-refractivity contribution in [2.45, 2.75) is 24.4 Å². The van der Waals surface area contributed by atoms with Crippen LogP contribution in [0.3, 0.4) is 0 Å². The fraction of sp³-hybridized carbons (Fsp3) is 0.238. The lowest BCUT2D eigenvalue weighted by atomic mass is 9.80. The molecule has 1 fully saturated rings. The van der Waals surface area contributed by atoms with Gasteiger partial charge in [0.25, 0.3) is 0 Å². The highest BCUT2D eigenvalue weighted by molar-refractivity contribution is 6.35. The SMILES string of the molecule is N#C[C@@H]1C[C@@]2(CN1C(=O)C(=O)NCc1cc(F)c(F)cc1F)C(=O)Nc1ccccc12. The van der Waals surface area contributed by atoms with Gasteiger partial charge in [-0.25, -0.2) is 13.2 Å². The van der Waals surface area contributed by atoms with Crippen LogP contribution in [0, 0.1) is 28.8 Å². The van der Waals surface area contributed by atoms with Gasteiger partial charge in [0.15, 0.2) is 11.6 Å². The van der Waals surface area contributed by atoms with Crippen LogP contribution in [0.4, 0.5) is 18.9 Å².